The summed E-state index contributed by atoms with van der Waals surface area (Å²) < 4.78 is 47.7. The van der Waals surface area contributed by atoms with Crippen LogP contribution in [0.15, 0.2) is 78.9 Å². The van der Waals surface area contributed by atoms with Crippen molar-refractivity contribution >= 4 is 41.2 Å². The van der Waals surface area contributed by atoms with Crippen LogP contribution in [0.5, 0.6) is 0 Å². The minimum atomic E-state index is -5.21. The second-order valence-corrected chi connectivity index (χ2v) is 16.0. The second kappa shape index (κ2) is 18.3. The van der Waals surface area contributed by atoms with Gasteiger partial charge in [-0.15, -0.1) is 0 Å². The maximum absolute atomic E-state index is 14.5. The third-order valence-electron chi connectivity index (χ3n) is 11.4. The van der Waals surface area contributed by atoms with Crippen molar-refractivity contribution in [1.29, 1.82) is 0 Å². The number of esters is 1. The number of nitrogens with zero attached hydrogens (tertiary/aromatic N) is 3. The van der Waals surface area contributed by atoms with Gasteiger partial charge >= 0.3 is 18.1 Å². The van der Waals surface area contributed by atoms with Crippen molar-refractivity contribution < 1.29 is 41.9 Å². The zero-order valence-corrected chi connectivity index (χ0v) is 34.4. The number of ether oxygens (including phenoxy) is 1. The van der Waals surface area contributed by atoms with E-state index in [0.717, 1.165) is 25.5 Å². The van der Waals surface area contributed by atoms with E-state index < -0.39 is 71.3 Å². The number of aryl methyl sites for hydroxylation is 1. The molecule has 0 radical (unpaired) electrons. The van der Waals surface area contributed by atoms with Crippen molar-refractivity contribution in [2.75, 3.05) is 26.7 Å². The Hall–Kier alpha value is -4.91. The fourth-order valence-electron chi connectivity index (χ4n) is 8.43. The molecule has 2 aliphatic rings. The van der Waals surface area contributed by atoms with E-state index in [1.165, 1.54) is 4.90 Å². The number of halogens is 4. The number of carbonyl (C=O) groups is 5. The van der Waals surface area contributed by atoms with E-state index in [1.54, 1.807) is 49.9 Å². The topological polar surface area (TPSA) is 116 Å². The van der Waals surface area contributed by atoms with Crippen LogP contribution in [0.4, 0.5) is 13.2 Å². The molecule has 3 aromatic rings. The highest BCUT2D eigenvalue weighted by Gasteiger charge is 2.55. The molecule has 3 aromatic carbocycles. The summed E-state index contributed by atoms with van der Waals surface area (Å²) in [6, 6.07) is 20.8. The number of nitrogens with one attached hydrogen (secondary N) is 1. The second-order valence-electron chi connectivity index (χ2n) is 15.5. The van der Waals surface area contributed by atoms with Crippen molar-refractivity contribution in [3.8, 4) is 0 Å². The van der Waals surface area contributed by atoms with Crippen LogP contribution in [0.2, 0.25) is 5.02 Å². The standard InChI is InChI=1S/C44H52ClF3N4O6/c1-6-52(40(56)42(24-12-13-25-42)50(5)41(57)44(46,47)48)37(29(2)3)38(54)49-35(39(55)51-26-14-15-27-51)28-36(53)58-43(31-16-8-7-9-17-31,32-22-20-30(4)21-23-32)33-18-10-11-19-34(33)45/h7-11,16-23,29,35,37H,6,12-15,24-28H2,1-5H3,(H,49,54)/t35-,37-,43?/m0/s1. The first kappa shape index (κ1) is 44.2. The van der Waals surface area contributed by atoms with Gasteiger partial charge in [-0.1, -0.05) is 117 Å². The average Bonchev–Trinajstić information content (AvgIpc) is 3.92. The summed E-state index contributed by atoms with van der Waals surface area (Å²) in [5.41, 5.74) is -0.801. The van der Waals surface area contributed by atoms with Crippen LogP contribution in [-0.2, 0) is 34.3 Å². The molecule has 1 N–H and O–H groups in total. The smallest absolute Gasteiger partial charge is 0.444 e. The molecule has 10 nitrogen and oxygen atoms in total. The van der Waals surface area contributed by atoms with Gasteiger partial charge in [0.2, 0.25) is 17.7 Å². The van der Waals surface area contributed by atoms with Gasteiger partial charge in [-0.25, -0.2) is 0 Å². The van der Waals surface area contributed by atoms with Crippen molar-refractivity contribution in [2.45, 2.75) is 102 Å². The van der Waals surface area contributed by atoms with Gasteiger partial charge in [0, 0.05) is 48.4 Å². The summed E-state index contributed by atoms with van der Waals surface area (Å²) in [4.78, 5) is 73.5. The quantitative estimate of drug-likeness (QED) is 0.136. The van der Waals surface area contributed by atoms with Gasteiger partial charge in [-0.05, 0) is 51.5 Å². The van der Waals surface area contributed by atoms with Crippen LogP contribution in [0.25, 0.3) is 0 Å². The van der Waals surface area contributed by atoms with Gasteiger partial charge in [-0.2, -0.15) is 13.2 Å². The minimum Gasteiger partial charge on any atom is -0.444 e. The summed E-state index contributed by atoms with van der Waals surface area (Å²) in [5, 5.41) is 3.09. The van der Waals surface area contributed by atoms with E-state index in [-0.39, 0.29) is 19.4 Å². The number of hydrogen-bond donors (Lipinski definition) is 1. The zero-order valence-electron chi connectivity index (χ0n) is 33.6. The molecule has 0 spiro atoms. The number of rotatable bonds is 14. The summed E-state index contributed by atoms with van der Waals surface area (Å²) in [5.74, 6) is -5.63. The lowest BCUT2D eigenvalue weighted by molar-refractivity contribution is -0.192. The monoisotopic (exact) mass is 824 g/mol. The lowest BCUT2D eigenvalue weighted by Crippen LogP contribution is -2.65. The van der Waals surface area contributed by atoms with E-state index in [9.17, 15) is 37.1 Å². The summed E-state index contributed by atoms with van der Waals surface area (Å²) in [6.07, 6.45) is -3.55. The predicted octanol–water partition coefficient (Wildman–Crippen LogP) is 7.19. The van der Waals surface area contributed by atoms with Gasteiger partial charge < -0.3 is 24.8 Å². The molecule has 14 heteroatoms. The first-order valence-electron chi connectivity index (χ1n) is 19.8. The van der Waals surface area contributed by atoms with Crippen LogP contribution in [0.1, 0.15) is 88.0 Å². The molecule has 1 saturated carbocycles. The van der Waals surface area contributed by atoms with Gasteiger partial charge in [-0.3, -0.25) is 24.0 Å². The van der Waals surface area contributed by atoms with Crippen molar-refractivity contribution in [3.05, 3.63) is 106 Å². The molecule has 0 aromatic heterocycles. The van der Waals surface area contributed by atoms with Gasteiger partial charge in [0.15, 0.2) is 5.60 Å². The fourth-order valence-corrected chi connectivity index (χ4v) is 8.70. The third-order valence-corrected chi connectivity index (χ3v) is 11.7. The summed E-state index contributed by atoms with van der Waals surface area (Å²) in [6.45, 7) is 7.62. The molecular weight excluding hydrogens is 773 g/mol. The number of likely N-dealkylation sites (tertiary alicyclic amines) is 1. The van der Waals surface area contributed by atoms with E-state index in [2.05, 4.69) is 5.32 Å². The first-order chi connectivity index (χ1) is 27.5. The number of amides is 4. The highest BCUT2D eigenvalue weighted by molar-refractivity contribution is 6.31. The summed E-state index contributed by atoms with van der Waals surface area (Å²) in [7, 11) is 0.975. The Balaban J connectivity index is 1.52. The first-order valence-corrected chi connectivity index (χ1v) is 20.2. The number of likely N-dealkylation sites (N-methyl/N-ethyl adjacent to an activating group) is 2. The molecule has 0 bridgehead atoms. The Labute approximate surface area is 343 Å². The number of alkyl halides is 3. The largest absolute Gasteiger partial charge is 0.471 e. The van der Waals surface area contributed by atoms with Gasteiger partial charge in [0.1, 0.15) is 17.6 Å². The fraction of sp³-hybridized carbons (Fsp3) is 0.477. The molecule has 312 valence electrons. The highest BCUT2D eigenvalue weighted by Crippen LogP contribution is 2.44. The third kappa shape index (κ3) is 9.04. The van der Waals surface area contributed by atoms with Crippen LogP contribution < -0.4 is 5.32 Å². The molecule has 1 saturated heterocycles. The Morgan fingerprint density at radius 1 is 0.862 bits per heavy atom. The van der Waals surface area contributed by atoms with Gasteiger partial charge in [0.05, 0.1) is 6.42 Å². The molecule has 1 aliphatic carbocycles. The molecule has 4 amide bonds. The highest BCUT2D eigenvalue weighted by atomic mass is 35.5. The number of benzene rings is 3. The predicted molar refractivity (Wildman–Crippen MR) is 213 cm³/mol. The van der Waals surface area contributed by atoms with Crippen molar-refractivity contribution in [1.82, 2.24) is 20.0 Å². The molecule has 2 fully saturated rings. The molecular formula is C44H52ClF3N4O6. The minimum absolute atomic E-state index is 0.00935. The van der Waals surface area contributed by atoms with E-state index in [4.69, 9.17) is 16.3 Å². The Morgan fingerprint density at radius 3 is 1.98 bits per heavy atom. The van der Waals surface area contributed by atoms with Crippen molar-refractivity contribution in [3.63, 3.8) is 0 Å². The van der Waals surface area contributed by atoms with E-state index in [1.807, 2.05) is 61.5 Å². The molecule has 1 heterocycles. The number of hydrogen-bond acceptors (Lipinski definition) is 6. The van der Waals surface area contributed by atoms with Crippen LogP contribution in [0.3, 0.4) is 0 Å². The Morgan fingerprint density at radius 2 is 1.43 bits per heavy atom. The lowest BCUT2D eigenvalue weighted by atomic mass is 9.79. The molecule has 58 heavy (non-hydrogen) atoms. The molecule has 1 aliphatic heterocycles. The molecule has 5 rings (SSSR count). The van der Waals surface area contributed by atoms with Crippen LogP contribution >= 0.6 is 11.6 Å². The SMILES string of the molecule is CCN(C(=O)C1(N(C)C(=O)C(F)(F)F)CCCC1)[C@H](C(=O)N[C@@H](CC(=O)OC(c1ccccc1)(c1ccc(C)cc1)c1ccccc1Cl)C(=O)N1CCCC1)C(C)C. The van der Waals surface area contributed by atoms with E-state index in [0.29, 0.717) is 52.5 Å². The van der Waals surface area contributed by atoms with Gasteiger partial charge in [0.25, 0.3) is 0 Å². The maximum Gasteiger partial charge on any atom is 0.471 e. The van der Waals surface area contributed by atoms with Crippen molar-refractivity contribution in [2.24, 2.45) is 5.92 Å². The normalized spacial score (nSPS) is 17.2. The molecule has 3 atom stereocenters. The number of carbonyl (C=O) groups excluding carboxylic acids is 5. The summed E-state index contributed by atoms with van der Waals surface area (Å²) >= 11 is 6.86. The average molecular weight is 825 g/mol. The van der Waals surface area contributed by atoms with E-state index >= 15 is 0 Å². The lowest BCUT2D eigenvalue weighted by Gasteiger charge is -2.44. The Bertz CT molecular complexity index is 1950. The Kier molecular flexibility index (Phi) is 14.0. The van der Waals surface area contributed by atoms with Crippen LogP contribution in [0, 0.1) is 12.8 Å². The van der Waals surface area contributed by atoms with Crippen LogP contribution in [-0.4, -0.2) is 94.8 Å². The maximum atomic E-state index is 14.5. The molecule has 1 unspecified atom stereocenters. The zero-order chi connectivity index (χ0) is 42.4.